The molecule has 88 valence electrons. The van der Waals surface area contributed by atoms with Crippen molar-refractivity contribution >= 4 is 5.97 Å². The first-order valence-corrected chi connectivity index (χ1v) is 6.05. The molecule has 1 unspecified atom stereocenters. The molecule has 15 heavy (non-hydrogen) atoms. The summed E-state index contributed by atoms with van der Waals surface area (Å²) >= 11 is 0. The number of nitrogens with zero attached hydrogens (tertiary/aromatic N) is 1. The topological polar surface area (TPSA) is 29.5 Å². The highest BCUT2D eigenvalue weighted by atomic mass is 16.5. The summed E-state index contributed by atoms with van der Waals surface area (Å²) in [6.07, 6.45) is 3.33. The summed E-state index contributed by atoms with van der Waals surface area (Å²) in [7, 11) is 0. The van der Waals surface area contributed by atoms with Gasteiger partial charge in [-0.25, -0.2) is 0 Å². The first-order chi connectivity index (χ1) is 7.15. The first-order valence-electron chi connectivity index (χ1n) is 6.05. The molecule has 1 saturated heterocycles. The van der Waals surface area contributed by atoms with Crippen LogP contribution in [0.4, 0.5) is 0 Å². The van der Waals surface area contributed by atoms with Gasteiger partial charge in [-0.05, 0) is 32.2 Å². The molecule has 3 nitrogen and oxygen atoms in total. The van der Waals surface area contributed by atoms with Crippen molar-refractivity contribution in [1.29, 1.82) is 0 Å². The SMILES string of the molecule is CCOC(=O)C1CCCCN1CC(C)C. The molecule has 1 atom stereocenters. The summed E-state index contributed by atoms with van der Waals surface area (Å²) in [6.45, 7) is 8.79. The van der Waals surface area contributed by atoms with Crippen molar-refractivity contribution in [3.8, 4) is 0 Å². The first kappa shape index (κ1) is 12.5. The zero-order chi connectivity index (χ0) is 11.3. The second kappa shape index (κ2) is 6.11. The number of hydrogen-bond donors (Lipinski definition) is 0. The Bertz CT molecular complexity index is 204. The van der Waals surface area contributed by atoms with Crippen LogP contribution in [-0.2, 0) is 9.53 Å². The molecular weight excluding hydrogens is 190 g/mol. The average molecular weight is 213 g/mol. The Morgan fingerprint density at radius 1 is 1.47 bits per heavy atom. The predicted octanol–water partition coefficient (Wildman–Crippen LogP) is 2.06. The van der Waals surface area contributed by atoms with E-state index in [-0.39, 0.29) is 12.0 Å². The predicted molar refractivity (Wildman–Crippen MR) is 60.7 cm³/mol. The maximum atomic E-state index is 11.7. The van der Waals surface area contributed by atoms with Crippen molar-refractivity contribution in [2.75, 3.05) is 19.7 Å². The third-order valence-corrected chi connectivity index (χ3v) is 2.77. The van der Waals surface area contributed by atoms with Crippen LogP contribution in [0.3, 0.4) is 0 Å². The standard InChI is InChI=1S/C12H23NO2/c1-4-15-12(14)11-7-5-6-8-13(11)9-10(2)3/h10-11H,4-9H2,1-3H3. The van der Waals surface area contributed by atoms with E-state index >= 15 is 0 Å². The fourth-order valence-electron chi connectivity index (χ4n) is 2.18. The van der Waals surface area contributed by atoms with Gasteiger partial charge in [0.25, 0.3) is 0 Å². The lowest BCUT2D eigenvalue weighted by Crippen LogP contribution is -2.46. The smallest absolute Gasteiger partial charge is 0.323 e. The van der Waals surface area contributed by atoms with Crippen LogP contribution >= 0.6 is 0 Å². The third kappa shape index (κ3) is 3.82. The number of rotatable bonds is 4. The van der Waals surface area contributed by atoms with Crippen LogP contribution in [0.5, 0.6) is 0 Å². The summed E-state index contributed by atoms with van der Waals surface area (Å²) in [5.74, 6) is 0.581. The van der Waals surface area contributed by atoms with Crippen LogP contribution in [0.15, 0.2) is 0 Å². The van der Waals surface area contributed by atoms with Crippen LogP contribution in [0.2, 0.25) is 0 Å². The average Bonchev–Trinajstić information content (AvgIpc) is 2.18. The highest BCUT2D eigenvalue weighted by Gasteiger charge is 2.29. The molecule has 1 aliphatic heterocycles. The summed E-state index contributed by atoms with van der Waals surface area (Å²) in [4.78, 5) is 14.0. The Balaban J connectivity index is 2.52. The second-order valence-corrected chi connectivity index (χ2v) is 4.65. The van der Waals surface area contributed by atoms with Crippen molar-refractivity contribution in [2.45, 2.75) is 46.1 Å². The van der Waals surface area contributed by atoms with Crippen molar-refractivity contribution in [1.82, 2.24) is 4.90 Å². The molecule has 1 heterocycles. The Morgan fingerprint density at radius 3 is 2.80 bits per heavy atom. The van der Waals surface area contributed by atoms with Crippen molar-refractivity contribution in [3.05, 3.63) is 0 Å². The Labute approximate surface area is 92.8 Å². The van der Waals surface area contributed by atoms with Gasteiger partial charge in [0.05, 0.1) is 6.61 Å². The second-order valence-electron chi connectivity index (χ2n) is 4.65. The molecule has 0 radical (unpaired) electrons. The minimum Gasteiger partial charge on any atom is -0.465 e. The quantitative estimate of drug-likeness (QED) is 0.669. The minimum atomic E-state index is -0.0298. The van der Waals surface area contributed by atoms with Gasteiger partial charge < -0.3 is 4.74 Å². The largest absolute Gasteiger partial charge is 0.465 e. The van der Waals surface area contributed by atoms with Crippen molar-refractivity contribution in [3.63, 3.8) is 0 Å². The van der Waals surface area contributed by atoms with Gasteiger partial charge in [-0.3, -0.25) is 9.69 Å². The van der Waals surface area contributed by atoms with E-state index in [1.807, 2.05) is 6.92 Å². The lowest BCUT2D eigenvalue weighted by Gasteiger charge is -2.34. The van der Waals surface area contributed by atoms with E-state index in [1.165, 1.54) is 6.42 Å². The Morgan fingerprint density at radius 2 is 2.20 bits per heavy atom. The molecule has 0 aromatic heterocycles. The van der Waals surface area contributed by atoms with E-state index in [0.717, 1.165) is 25.9 Å². The van der Waals surface area contributed by atoms with Crippen LogP contribution in [0.25, 0.3) is 0 Å². The normalized spacial score (nSPS) is 23.1. The molecule has 0 amide bonds. The molecule has 1 aliphatic rings. The fraction of sp³-hybridized carbons (Fsp3) is 0.917. The number of piperidine rings is 1. The van der Waals surface area contributed by atoms with E-state index < -0.39 is 0 Å². The lowest BCUT2D eigenvalue weighted by atomic mass is 10.0. The Hall–Kier alpha value is -0.570. The monoisotopic (exact) mass is 213 g/mol. The maximum Gasteiger partial charge on any atom is 0.323 e. The molecule has 0 spiro atoms. The molecular formula is C12H23NO2. The zero-order valence-electron chi connectivity index (χ0n) is 10.2. The number of hydrogen-bond acceptors (Lipinski definition) is 3. The zero-order valence-corrected chi connectivity index (χ0v) is 10.2. The molecule has 0 N–H and O–H groups in total. The number of carbonyl (C=O) groups excluding carboxylic acids is 1. The van der Waals surface area contributed by atoms with Crippen LogP contribution in [0, 0.1) is 5.92 Å². The van der Waals surface area contributed by atoms with Gasteiger partial charge in [-0.15, -0.1) is 0 Å². The molecule has 1 fully saturated rings. The number of esters is 1. The molecule has 0 saturated carbocycles. The molecule has 1 rings (SSSR count). The molecule has 3 heteroatoms. The van der Waals surface area contributed by atoms with Gasteiger partial charge in [0.1, 0.15) is 6.04 Å². The van der Waals surface area contributed by atoms with Gasteiger partial charge in [0.15, 0.2) is 0 Å². The number of ether oxygens (including phenoxy) is 1. The molecule has 0 aromatic rings. The fourth-order valence-corrected chi connectivity index (χ4v) is 2.18. The highest BCUT2D eigenvalue weighted by Crippen LogP contribution is 2.19. The van der Waals surface area contributed by atoms with Gasteiger partial charge >= 0.3 is 5.97 Å². The lowest BCUT2D eigenvalue weighted by molar-refractivity contribution is -0.151. The molecule has 0 bridgehead atoms. The van der Waals surface area contributed by atoms with E-state index in [1.54, 1.807) is 0 Å². The molecule has 0 aromatic carbocycles. The van der Waals surface area contributed by atoms with E-state index in [4.69, 9.17) is 4.74 Å². The van der Waals surface area contributed by atoms with Gasteiger partial charge in [0.2, 0.25) is 0 Å². The number of carbonyl (C=O) groups is 1. The van der Waals surface area contributed by atoms with E-state index in [0.29, 0.717) is 12.5 Å². The van der Waals surface area contributed by atoms with Crippen LogP contribution < -0.4 is 0 Å². The third-order valence-electron chi connectivity index (χ3n) is 2.77. The maximum absolute atomic E-state index is 11.7. The van der Waals surface area contributed by atoms with E-state index in [9.17, 15) is 4.79 Å². The van der Waals surface area contributed by atoms with Gasteiger partial charge in [0, 0.05) is 6.54 Å². The van der Waals surface area contributed by atoms with E-state index in [2.05, 4.69) is 18.7 Å². The van der Waals surface area contributed by atoms with Gasteiger partial charge in [-0.1, -0.05) is 20.3 Å². The summed E-state index contributed by atoms with van der Waals surface area (Å²) < 4.78 is 5.11. The summed E-state index contributed by atoms with van der Waals surface area (Å²) in [6, 6.07) is 0.0149. The van der Waals surface area contributed by atoms with Crippen molar-refractivity contribution < 1.29 is 9.53 Å². The summed E-state index contributed by atoms with van der Waals surface area (Å²) in [5, 5.41) is 0. The highest BCUT2D eigenvalue weighted by molar-refractivity contribution is 5.75. The van der Waals surface area contributed by atoms with Crippen molar-refractivity contribution in [2.24, 2.45) is 5.92 Å². The summed E-state index contributed by atoms with van der Waals surface area (Å²) in [5.41, 5.74) is 0. The molecule has 0 aliphatic carbocycles. The van der Waals surface area contributed by atoms with Gasteiger partial charge in [-0.2, -0.15) is 0 Å². The minimum absolute atomic E-state index is 0.0149. The van der Waals surface area contributed by atoms with Crippen LogP contribution in [-0.4, -0.2) is 36.6 Å². The van der Waals surface area contributed by atoms with Crippen LogP contribution in [0.1, 0.15) is 40.0 Å². The number of likely N-dealkylation sites (tertiary alicyclic amines) is 1. The Kier molecular flexibility index (Phi) is 5.09.